The van der Waals surface area contributed by atoms with Crippen molar-refractivity contribution in [1.29, 1.82) is 0 Å². The minimum Gasteiger partial charge on any atom is -0.492 e. The van der Waals surface area contributed by atoms with E-state index in [0.717, 1.165) is 23.1 Å². The fourth-order valence-corrected chi connectivity index (χ4v) is 2.82. The topological polar surface area (TPSA) is 24.5 Å². The van der Waals surface area contributed by atoms with Gasteiger partial charge in [0.1, 0.15) is 5.75 Å². The number of benzene rings is 1. The number of hydrogen-bond acceptors (Lipinski definition) is 2. The van der Waals surface area contributed by atoms with Crippen LogP contribution in [0.25, 0.3) is 0 Å². The molecule has 0 saturated carbocycles. The van der Waals surface area contributed by atoms with Gasteiger partial charge in [-0.15, -0.1) is 0 Å². The molecule has 19 heavy (non-hydrogen) atoms. The molecule has 1 aliphatic rings. The van der Waals surface area contributed by atoms with E-state index in [4.69, 9.17) is 17.0 Å². The average Bonchev–Trinajstić information content (AvgIpc) is 2.41. The predicted molar refractivity (Wildman–Crippen MR) is 83.9 cm³/mol. The fourth-order valence-electron chi connectivity index (χ4n) is 2.44. The number of rotatable bonds is 3. The van der Waals surface area contributed by atoms with E-state index in [-0.39, 0.29) is 0 Å². The van der Waals surface area contributed by atoms with Gasteiger partial charge in [0.15, 0.2) is 5.11 Å². The van der Waals surface area contributed by atoms with Crippen LogP contribution < -0.4 is 10.1 Å². The van der Waals surface area contributed by atoms with E-state index in [2.05, 4.69) is 17.1 Å². The van der Waals surface area contributed by atoms with Crippen LogP contribution in [0.3, 0.4) is 0 Å². The van der Waals surface area contributed by atoms with Crippen LogP contribution in [-0.2, 0) is 0 Å². The van der Waals surface area contributed by atoms with Gasteiger partial charge in [0.2, 0.25) is 0 Å². The number of nitrogens with zero attached hydrogens (tertiary/aromatic N) is 1. The summed E-state index contributed by atoms with van der Waals surface area (Å²) >= 11 is 5.54. The lowest BCUT2D eigenvalue weighted by Gasteiger charge is -2.35. The van der Waals surface area contributed by atoms with Crippen molar-refractivity contribution in [3.8, 4) is 5.75 Å². The Morgan fingerprint density at radius 3 is 2.95 bits per heavy atom. The van der Waals surface area contributed by atoms with Crippen LogP contribution >= 0.6 is 12.2 Å². The maximum Gasteiger partial charge on any atom is 0.173 e. The molecule has 1 saturated heterocycles. The minimum absolute atomic E-state index is 0.521. The number of hydrogen-bond donors (Lipinski definition) is 1. The monoisotopic (exact) mass is 278 g/mol. The zero-order chi connectivity index (χ0) is 13.7. The van der Waals surface area contributed by atoms with Crippen LogP contribution in [0.4, 0.5) is 5.69 Å². The number of piperidine rings is 1. The van der Waals surface area contributed by atoms with Crippen molar-refractivity contribution in [3.63, 3.8) is 0 Å². The quantitative estimate of drug-likeness (QED) is 0.853. The third-order valence-corrected chi connectivity index (χ3v) is 3.83. The Morgan fingerprint density at radius 2 is 2.21 bits per heavy atom. The molecule has 1 aromatic carbocycles. The Bertz CT molecular complexity index is 436. The molecule has 1 aromatic rings. The van der Waals surface area contributed by atoms with Gasteiger partial charge in [-0.2, -0.15) is 0 Å². The zero-order valence-corrected chi connectivity index (χ0v) is 12.5. The van der Waals surface area contributed by atoms with Crippen LogP contribution in [0.1, 0.15) is 33.1 Å². The highest BCUT2D eigenvalue weighted by molar-refractivity contribution is 7.80. The lowest BCUT2D eigenvalue weighted by molar-refractivity contribution is 0.262. The Kier molecular flexibility index (Phi) is 5.02. The molecule has 0 spiro atoms. The van der Waals surface area contributed by atoms with Crippen molar-refractivity contribution < 1.29 is 4.74 Å². The van der Waals surface area contributed by atoms with Gasteiger partial charge < -0.3 is 15.0 Å². The largest absolute Gasteiger partial charge is 0.492 e. The van der Waals surface area contributed by atoms with E-state index < -0.39 is 0 Å². The molecule has 0 aliphatic carbocycles. The average molecular weight is 278 g/mol. The van der Waals surface area contributed by atoms with E-state index in [1.807, 2.05) is 31.2 Å². The Hall–Kier alpha value is -1.29. The third kappa shape index (κ3) is 3.60. The van der Waals surface area contributed by atoms with Crippen LogP contribution in [-0.4, -0.2) is 29.2 Å². The fraction of sp³-hybridized carbons (Fsp3) is 0.533. The third-order valence-electron chi connectivity index (χ3n) is 3.49. The van der Waals surface area contributed by atoms with Gasteiger partial charge in [-0.05, 0) is 57.5 Å². The molecule has 104 valence electrons. The summed E-state index contributed by atoms with van der Waals surface area (Å²) in [5, 5.41) is 4.13. The van der Waals surface area contributed by atoms with Gasteiger partial charge in [-0.1, -0.05) is 12.1 Å². The molecule has 2 rings (SSSR count). The standard InChI is InChI=1S/C15H22N2OS/c1-3-18-14-10-5-4-9-13(14)16-15(19)17-11-7-6-8-12(17)2/h4-5,9-10,12H,3,6-8,11H2,1-2H3,(H,16,19). The highest BCUT2D eigenvalue weighted by Gasteiger charge is 2.21. The Morgan fingerprint density at radius 1 is 1.42 bits per heavy atom. The number of thiocarbonyl (C=S) groups is 1. The highest BCUT2D eigenvalue weighted by atomic mass is 32.1. The maximum atomic E-state index is 5.61. The van der Waals surface area contributed by atoms with Crippen LogP contribution in [0.15, 0.2) is 24.3 Å². The summed E-state index contributed by atoms with van der Waals surface area (Å²) in [6.45, 7) is 5.93. The van der Waals surface area contributed by atoms with E-state index >= 15 is 0 Å². The summed E-state index contributed by atoms with van der Waals surface area (Å²) in [4.78, 5) is 2.28. The lowest BCUT2D eigenvalue weighted by atomic mass is 10.0. The molecule has 0 amide bonds. The lowest BCUT2D eigenvalue weighted by Crippen LogP contribution is -2.44. The molecule has 0 aromatic heterocycles. The van der Waals surface area contributed by atoms with Gasteiger partial charge in [-0.3, -0.25) is 0 Å². The van der Waals surface area contributed by atoms with Gasteiger partial charge >= 0.3 is 0 Å². The van der Waals surface area contributed by atoms with Crippen molar-refractivity contribution in [2.75, 3.05) is 18.5 Å². The number of anilines is 1. The second-order valence-electron chi connectivity index (χ2n) is 4.90. The molecule has 1 unspecified atom stereocenters. The molecular weight excluding hydrogens is 256 g/mol. The van der Waals surface area contributed by atoms with Gasteiger partial charge in [0.05, 0.1) is 12.3 Å². The molecular formula is C15H22N2OS. The first-order chi connectivity index (χ1) is 9.22. The van der Waals surface area contributed by atoms with Gasteiger partial charge in [-0.25, -0.2) is 0 Å². The minimum atomic E-state index is 0.521. The number of nitrogens with one attached hydrogen (secondary N) is 1. The van der Waals surface area contributed by atoms with E-state index in [1.54, 1.807) is 0 Å². The number of likely N-dealkylation sites (tertiary alicyclic amines) is 1. The SMILES string of the molecule is CCOc1ccccc1NC(=S)N1CCCCC1C. The van der Waals surface area contributed by atoms with E-state index in [9.17, 15) is 0 Å². The summed E-state index contributed by atoms with van der Waals surface area (Å²) in [7, 11) is 0. The normalized spacial score (nSPS) is 19.1. The van der Waals surface area contributed by atoms with Crippen molar-refractivity contribution in [3.05, 3.63) is 24.3 Å². The molecule has 1 aliphatic heterocycles. The first kappa shape index (κ1) is 14.1. The molecule has 1 heterocycles. The Labute approximate surface area is 120 Å². The van der Waals surface area contributed by atoms with E-state index in [0.29, 0.717) is 12.6 Å². The van der Waals surface area contributed by atoms with E-state index in [1.165, 1.54) is 19.3 Å². The second-order valence-corrected chi connectivity index (χ2v) is 5.28. The summed E-state index contributed by atoms with van der Waals surface area (Å²) in [6.07, 6.45) is 3.74. The molecule has 4 heteroatoms. The van der Waals surface area contributed by atoms with Crippen molar-refractivity contribution in [2.45, 2.75) is 39.2 Å². The molecule has 0 bridgehead atoms. The first-order valence-corrected chi connectivity index (χ1v) is 7.42. The van der Waals surface area contributed by atoms with Gasteiger partial charge in [0.25, 0.3) is 0 Å². The molecule has 3 nitrogen and oxygen atoms in total. The zero-order valence-electron chi connectivity index (χ0n) is 11.7. The predicted octanol–water partition coefficient (Wildman–Crippen LogP) is 3.66. The summed E-state index contributed by atoms with van der Waals surface area (Å²) < 4.78 is 5.61. The maximum absolute atomic E-state index is 5.61. The Balaban J connectivity index is 2.05. The van der Waals surface area contributed by atoms with Gasteiger partial charge in [0, 0.05) is 12.6 Å². The number of ether oxygens (including phenoxy) is 1. The van der Waals surface area contributed by atoms with Crippen LogP contribution in [0, 0.1) is 0 Å². The first-order valence-electron chi connectivity index (χ1n) is 7.02. The van der Waals surface area contributed by atoms with Crippen molar-refractivity contribution in [1.82, 2.24) is 4.90 Å². The molecule has 1 N–H and O–H groups in total. The second kappa shape index (κ2) is 6.75. The highest BCUT2D eigenvalue weighted by Crippen LogP contribution is 2.25. The summed E-state index contributed by atoms with van der Waals surface area (Å²) in [6, 6.07) is 8.46. The van der Waals surface area contributed by atoms with Crippen LogP contribution in [0.5, 0.6) is 5.75 Å². The molecule has 1 atom stereocenters. The van der Waals surface area contributed by atoms with Crippen molar-refractivity contribution in [2.24, 2.45) is 0 Å². The van der Waals surface area contributed by atoms with Crippen molar-refractivity contribution >= 4 is 23.0 Å². The summed E-state index contributed by atoms with van der Waals surface area (Å²) in [5.41, 5.74) is 0.951. The number of para-hydroxylation sites is 2. The molecule has 0 radical (unpaired) electrons. The van der Waals surface area contributed by atoms with Crippen LogP contribution in [0.2, 0.25) is 0 Å². The molecule has 1 fully saturated rings. The smallest absolute Gasteiger partial charge is 0.173 e. The summed E-state index contributed by atoms with van der Waals surface area (Å²) in [5.74, 6) is 0.858.